The van der Waals surface area contributed by atoms with Crippen LogP contribution in [0.3, 0.4) is 0 Å². The zero-order valence-corrected chi connectivity index (χ0v) is 8.82. The molecule has 0 aliphatic rings. The largest absolute Gasteiger partial charge is 0.322 e. The van der Waals surface area contributed by atoms with E-state index >= 15 is 0 Å². The molecule has 0 fully saturated rings. The van der Waals surface area contributed by atoms with Gasteiger partial charge in [0.1, 0.15) is 0 Å². The second-order valence-corrected chi connectivity index (χ2v) is 3.99. The van der Waals surface area contributed by atoms with E-state index in [2.05, 4.69) is 20.9 Å². The predicted octanol–water partition coefficient (Wildman–Crippen LogP) is 2.94. The van der Waals surface area contributed by atoms with Gasteiger partial charge in [-0.15, -0.1) is 0 Å². The molecule has 0 atom stereocenters. The van der Waals surface area contributed by atoms with Crippen LogP contribution in [0.4, 0.5) is 0 Å². The van der Waals surface area contributed by atoms with Gasteiger partial charge in [0.25, 0.3) is 0 Å². The van der Waals surface area contributed by atoms with Gasteiger partial charge in [0, 0.05) is 15.9 Å². The first kappa shape index (κ1) is 8.78. The summed E-state index contributed by atoms with van der Waals surface area (Å²) in [6, 6.07) is 6.94. The Balaban J connectivity index is 2.94. The summed E-state index contributed by atoms with van der Waals surface area (Å²) in [7, 11) is 0. The van der Waals surface area contributed by atoms with Crippen LogP contribution in [0, 0.1) is 0 Å². The fourth-order valence-corrected chi connectivity index (χ4v) is 1.81. The minimum absolute atomic E-state index is 0.185. The van der Waals surface area contributed by atoms with Crippen LogP contribution in [0.2, 0.25) is 5.02 Å². The monoisotopic (exact) mass is 257 g/mol. The van der Waals surface area contributed by atoms with E-state index in [9.17, 15) is 4.79 Å². The number of rotatable bonds is 0. The van der Waals surface area contributed by atoms with Crippen LogP contribution in [-0.2, 0) is 0 Å². The number of benzene rings is 1. The number of fused-ring (bicyclic) bond motifs is 1. The van der Waals surface area contributed by atoms with Crippen LogP contribution in [0.25, 0.3) is 10.9 Å². The highest BCUT2D eigenvalue weighted by Crippen LogP contribution is 2.22. The topological polar surface area (TPSA) is 32.9 Å². The van der Waals surface area contributed by atoms with E-state index < -0.39 is 0 Å². The molecule has 1 N–H and O–H groups in total. The normalized spacial score (nSPS) is 10.6. The number of aromatic nitrogens is 1. The van der Waals surface area contributed by atoms with Gasteiger partial charge in [0.15, 0.2) is 0 Å². The first-order chi connectivity index (χ1) is 6.16. The smallest absolute Gasteiger partial charge is 0.249 e. The number of nitrogens with one attached hydrogen (secondary N) is 1. The zero-order valence-electron chi connectivity index (χ0n) is 6.47. The third kappa shape index (κ3) is 1.62. The molecular formula is C9H5BrClNO. The molecule has 0 bridgehead atoms. The molecule has 1 aromatic carbocycles. The Morgan fingerprint density at radius 1 is 1.31 bits per heavy atom. The van der Waals surface area contributed by atoms with Crippen molar-refractivity contribution in [1.82, 2.24) is 4.98 Å². The number of pyridine rings is 1. The van der Waals surface area contributed by atoms with Gasteiger partial charge in [-0.1, -0.05) is 33.6 Å². The van der Waals surface area contributed by atoms with Crippen LogP contribution in [0.1, 0.15) is 0 Å². The van der Waals surface area contributed by atoms with Crippen LogP contribution in [0.15, 0.2) is 33.5 Å². The van der Waals surface area contributed by atoms with E-state index in [0.717, 1.165) is 15.4 Å². The van der Waals surface area contributed by atoms with Gasteiger partial charge >= 0.3 is 0 Å². The highest BCUT2D eigenvalue weighted by atomic mass is 79.9. The number of H-pyrrole nitrogens is 1. The second kappa shape index (κ2) is 3.16. The molecule has 0 amide bonds. The lowest BCUT2D eigenvalue weighted by Gasteiger charge is -1.99. The van der Waals surface area contributed by atoms with Gasteiger partial charge in [-0.25, -0.2) is 0 Å². The van der Waals surface area contributed by atoms with Crippen LogP contribution >= 0.6 is 27.5 Å². The maximum Gasteiger partial charge on any atom is 0.249 e. The van der Waals surface area contributed by atoms with Crippen molar-refractivity contribution >= 4 is 38.4 Å². The minimum Gasteiger partial charge on any atom is -0.322 e. The average molecular weight is 259 g/mol. The highest BCUT2D eigenvalue weighted by Gasteiger charge is 2.00. The fourth-order valence-electron chi connectivity index (χ4n) is 1.19. The molecule has 2 rings (SSSR count). The van der Waals surface area contributed by atoms with E-state index in [1.54, 1.807) is 0 Å². The molecule has 0 unspecified atom stereocenters. The fraction of sp³-hybridized carbons (Fsp3) is 0. The maximum absolute atomic E-state index is 11.1. The number of halogens is 2. The van der Waals surface area contributed by atoms with Gasteiger partial charge in [-0.3, -0.25) is 4.79 Å². The maximum atomic E-state index is 11.1. The molecule has 1 heterocycles. The molecule has 0 aliphatic heterocycles. The van der Waals surface area contributed by atoms with Crippen molar-refractivity contribution in [1.29, 1.82) is 0 Å². The summed E-state index contributed by atoms with van der Waals surface area (Å²) in [4.78, 5) is 13.8. The summed E-state index contributed by atoms with van der Waals surface area (Å²) in [6.45, 7) is 0. The molecule has 0 spiro atoms. The van der Waals surface area contributed by atoms with Gasteiger partial charge in [0.2, 0.25) is 5.56 Å². The van der Waals surface area contributed by atoms with Crippen molar-refractivity contribution in [3.8, 4) is 0 Å². The molecule has 66 valence electrons. The number of aromatic amines is 1. The van der Waals surface area contributed by atoms with Crippen molar-refractivity contribution in [2.75, 3.05) is 0 Å². The molecule has 4 heteroatoms. The van der Waals surface area contributed by atoms with Crippen LogP contribution < -0.4 is 5.56 Å². The van der Waals surface area contributed by atoms with E-state index in [4.69, 9.17) is 11.6 Å². The Kier molecular flexibility index (Phi) is 2.14. The van der Waals surface area contributed by atoms with E-state index in [1.807, 2.05) is 18.2 Å². The van der Waals surface area contributed by atoms with Crippen molar-refractivity contribution in [3.63, 3.8) is 0 Å². The SMILES string of the molecule is O=c1cc(Cl)c2ccc(Br)cc2[nH]1. The first-order valence-electron chi connectivity index (χ1n) is 3.65. The molecule has 1 aromatic heterocycles. The standard InChI is InChI=1S/C9H5BrClNO/c10-5-1-2-6-7(11)4-9(13)12-8(6)3-5/h1-4H,(H,12,13). The van der Waals surface area contributed by atoms with Crippen molar-refractivity contribution < 1.29 is 0 Å². The summed E-state index contributed by atoms with van der Waals surface area (Å²) < 4.78 is 0.915. The Bertz CT molecular complexity index is 520. The molecular weight excluding hydrogens is 253 g/mol. The quantitative estimate of drug-likeness (QED) is 0.774. The molecule has 0 aliphatic carbocycles. The summed E-state index contributed by atoms with van der Waals surface area (Å²) in [5.74, 6) is 0. The average Bonchev–Trinajstić information content (AvgIpc) is 2.02. The van der Waals surface area contributed by atoms with Crippen LogP contribution in [0.5, 0.6) is 0 Å². The predicted molar refractivity (Wildman–Crippen MR) is 57.3 cm³/mol. The van der Waals surface area contributed by atoms with Crippen LogP contribution in [-0.4, -0.2) is 4.98 Å². The number of hydrogen-bond donors (Lipinski definition) is 1. The molecule has 0 radical (unpaired) electrons. The molecule has 0 saturated heterocycles. The third-order valence-corrected chi connectivity index (χ3v) is 2.56. The van der Waals surface area contributed by atoms with Gasteiger partial charge < -0.3 is 4.98 Å². The molecule has 2 nitrogen and oxygen atoms in total. The summed E-state index contributed by atoms with van der Waals surface area (Å²) >= 11 is 9.20. The zero-order chi connectivity index (χ0) is 9.42. The molecule has 13 heavy (non-hydrogen) atoms. The van der Waals surface area contributed by atoms with Crippen molar-refractivity contribution in [2.24, 2.45) is 0 Å². The lowest BCUT2D eigenvalue weighted by Crippen LogP contribution is -2.03. The minimum atomic E-state index is -0.185. The Labute approximate surface area is 87.7 Å². The van der Waals surface area contributed by atoms with E-state index in [1.165, 1.54) is 6.07 Å². The van der Waals surface area contributed by atoms with Gasteiger partial charge in [-0.2, -0.15) is 0 Å². The van der Waals surface area contributed by atoms with Gasteiger partial charge in [-0.05, 0) is 12.1 Å². The Morgan fingerprint density at radius 2 is 2.08 bits per heavy atom. The van der Waals surface area contributed by atoms with E-state index in [-0.39, 0.29) is 5.56 Å². The van der Waals surface area contributed by atoms with Crippen molar-refractivity contribution in [3.05, 3.63) is 44.1 Å². The molecule has 0 saturated carbocycles. The van der Waals surface area contributed by atoms with Gasteiger partial charge in [0.05, 0.1) is 10.5 Å². The second-order valence-electron chi connectivity index (χ2n) is 2.67. The number of hydrogen-bond acceptors (Lipinski definition) is 1. The lowest BCUT2D eigenvalue weighted by atomic mass is 10.2. The van der Waals surface area contributed by atoms with E-state index in [0.29, 0.717) is 5.02 Å². The third-order valence-electron chi connectivity index (χ3n) is 1.75. The summed E-state index contributed by atoms with van der Waals surface area (Å²) in [6.07, 6.45) is 0. The van der Waals surface area contributed by atoms with Crippen molar-refractivity contribution in [2.45, 2.75) is 0 Å². The first-order valence-corrected chi connectivity index (χ1v) is 4.82. The highest BCUT2D eigenvalue weighted by molar-refractivity contribution is 9.10. The Hall–Kier alpha value is -0.800. The molecule has 2 aromatic rings. The summed E-state index contributed by atoms with van der Waals surface area (Å²) in [5, 5.41) is 1.33. The Morgan fingerprint density at radius 3 is 2.85 bits per heavy atom. The lowest BCUT2D eigenvalue weighted by molar-refractivity contribution is 1.30. The summed E-state index contributed by atoms with van der Waals surface area (Å²) in [5.41, 5.74) is 0.558.